The summed E-state index contributed by atoms with van der Waals surface area (Å²) in [5, 5.41) is 3.23. The van der Waals surface area contributed by atoms with Crippen LogP contribution in [0.25, 0.3) is 0 Å². The van der Waals surface area contributed by atoms with Crippen molar-refractivity contribution in [1.29, 1.82) is 0 Å². The molecular formula is C23H50N2. The fourth-order valence-corrected chi connectivity index (χ4v) is 3.72. The zero-order valence-corrected chi connectivity index (χ0v) is 18.0. The molecule has 0 bridgehead atoms. The van der Waals surface area contributed by atoms with E-state index in [0.717, 1.165) is 18.4 Å². The van der Waals surface area contributed by atoms with E-state index in [1.807, 2.05) is 7.05 Å². The van der Waals surface area contributed by atoms with E-state index >= 15 is 0 Å². The summed E-state index contributed by atoms with van der Waals surface area (Å²) in [6.45, 7) is 7.01. The van der Waals surface area contributed by atoms with Gasteiger partial charge < -0.3 is 11.1 Å². The molecule has 0 spiro atoms. The Morgan fingerprint density at radius 1 is 0.560 bits per heavy atom. The van der Waals surface area contributed by atoms with Gasteiger partial charge in [0.15, 0.2) is 0 Å². The van der Waals surface area contributed by atoms with E-state index in [2.05, 4.69) is 19.2 Å². The molecule has 0 amide bonds. The summed E-state index contributed by atoms with van der Waals surface area (Å²) in [6.07, 6.45) is 22.5. The Morgan fingerprint density at radius 3 is 1.32 bits per heavy atom. The summed E-state index contributed by atoms with van der Waals surface area (Å²) >= 11 is 0. The summed E-state index contributed by atoms with van der Waals surface area (Å²) in [4.78, 5) is 0. The molecular weight excluding hydrogens is 304 g/mol. The maximum atomic E-state index is 5.53. The number of hydrogen-bond acceptors (Lipinski definition) is 2. The molecule has 2 nitrogen and oxygen atoms in total. The molecule has 0 aliphatic carbocycles. The highest BCUT2D eigenvalue weighted by atomic mass is 14.8. The SMILES string of the molecule is CNCCCCCCCCCC(C)C(C)CCCCCCCCCN. The van der Waals surface area contributed by atoms with Crippen LogP contribution in [0.3, 0.4) is 0 Å². The van der Waals surface area contributed by atoms with E-state index < -0.39 is 0 Å². The molecule has 0 fully saturated rings. The maximum Gasteiger partial charge on any atom is -0.00519 e. The van der Waals surface area contributed by atoms with Crippen molar-refractivity contribution in [2.75, 3.05) is 20.1 Å². The Balaban J connectivity index is 3.32. The third-order valence-electron chi connectivity index (χ3n) is 5.92. The normalized spacial score (nSPS) is 13.9. The van der Waals surface area contributed by atoms with Crippen LogP contribution in [0.2, 0.25) is 0 Å². The molecule has 0 saturated carbocycles. The fourth-order valence-electron chi connectivity index (χ4n) is 3.72. The van der Waals surface area contributed by atoms with Gasteiger partial charge in [-0.25, -0.2) is 0 Å². The first-order chi connectivity index (χ1) is 12.2. The van der Waals surface area contributed by atoms with Crippen LogP contribution in [0.15, 0.2) is 0 Å². The highest BCUT2D eigenvalue weighted by molar-refractivity contribution is 4.63. The van der Waals surface area contributed by atoms with Crippen molar-refractivity contribution in [3.63, 3.8) is 0 Å². The van der Waals surface area contributed by atoms with Gasteiger partial charge in [0.1, 0.15) is 0 Å². The summed E-state index contributed by atoms with van der Waals surface area (Å²) in [7, 11) is 2.05. The molecule has 0 aliphatic rings. The van der Waals surface area contributed by atoms with Crippen LogP contribution in [-0.4, -0.2) is 20.1 Å². The molecule has 152 valence electrons. The van der Waals surface area contributed by atoms with Crippen molar-refractivity contribution in [3.05, 3.63) is 0 Å². The van der Waals surface area contributed by atoms with Gasteiger partial charge in [0, 0.05) is 0 Å². The monoisotopic (exact) mass is 354 g/mol. The number of nitrogens with two attached hydrogens (primary N) is 1. The van der Waals surface area contributed by atoms with Gasteiger partial charge in [-0.2, -0.15) is 0 Å². The van der Waals surface area contributed by atoms with Crippen LogP contribution >= 0.6 is 0 Å². The van der Waals surface area contributed by atoms with E-state index in [4.69, 9.17) is 5.73 Å². The van der Waals surface area contributed by atoms with Crippen LogP contribution in [0, 0.1) is 11.8 Å². The lowest BCUT2D eigenvalue weighted by atomic mass is 9.86. The van der Waals surface area contributed by atoms with Gasteiger partial charge in [-0.15, -0.1) is 0 Å². The van der Waals surface area contributed by atoms with Crippen molar-refractivity contribution >= 4 is 0 Å². The van der Waals surface area contributed by atoms with Crippen LogP contribution in [0.1, 0.15) is 117 Å². The second-order valence-electron chi connectivity index (χ2n) is 8.37. The second kappa shape index (κ2) is 20.2. The molecule has 0 aromatic carbocycles. The predicted molar refractivity (Wildman–Crippen MR) is 115 cm³/mol. The van der Waals surface area contributed by atoms with Gasteiger partial charge in [-0.05, 0) is 44.8 Å². The van der Waals surface area contributed by atoms with E-state index in [1.165, 1.54) is 109 Å². The highest BCUT2D eigenvalue weighted by Crippen LogP contribution is 2.24. The van der Waals surface area contributed by atoms with Crippen LogP contribution in [0.5, 0.6) is 0 Å². The first-order valence-electron chi connectivity index (χ1n) is 11.6. The molecule has 0 aromatic rings. The number of hydrogen-bond donors (Lipinski definition) is 2. The van der Waals surface area contributed by atoms with Crippen molar-refractivity contribution in [2.45, 2.75) is 117 Å². The van der Waals surface area contributed by atoms with Crippen LogP contribution < -0.4 is 11.1 Å². The van der Waals surface area contributed by atoms with Gasteiger partial charge in [-0.3, -0.25) is 0 Å². The minimum absolute atomic E-state index is 0.867. The molecule has 2 unspecified atom stereocenters. The maximum absolute atomic E-state index is 5.53. The van der Waals surface area contributed by atoms with Crippen molar-refractivity contribution in [1.82, 2.24) is 5.32 Å². The van der Waals surface area contributed by atoms with Gasteiger partial charge in [0.05, 0.1) is 0 Å². The zero-order valence-electron chi connectivity index (χ0n) is 18.0. The molecule has 2 atom stereocenters. The molecule has 2 heteroatoms. The minimum Gasteiger partial charge on any atom is -0.330 e. The first-order valence-corrected chi connectivity index (χ1v) is 11.6. The van der Waals surface area contributed by atoms with Crippen molar-refractivity contribution in [2.24, 2.45) is 17.6 Å². The summed E-state index contributed by atoms with van der Waals surface area (Å²) in [5.41, 5.74) is 5.53. The Hall–Kier alpha value is -0.0800. The lowest BCUT2D eigenvalue weighted by Gasteiger charge is -2.19. The number of rotatable bonds is 20. The van der Waals surface area contributed by atoms with Gasteiger partial charge >= 0.3 is 0 Å². The largest absolute Gasteiger partial charge is 0.330 e. The molecule has 0 aliphatic heterocycles. The lowest BCUT2D eigenvalue weighted by Crippen LogP contribution is -2.08. The molecule has 0 heterocycles. The average Bonchev–Trinajstić information content (AvgIpc) is 2.62. The minimum atomic E-state index is 0.867. The Morgan fingerprint density at radius 2 is 0.920 bits per heavy atom. The standard InChI is InChI=1S/C23H50N2/c1-22(18-14-10-6-4-8-12-16-20-24)23(2)19-15-11-7-5-9-13-17-21-25-3/h22-23,25H,4-21,24H2,1-3H3. The van der Waals surface area contributed by atoms with E-state index in [0.29, 0.717) is 0 Å². The summed E-state index contributed by atoms with van der Waals surface area (Å²) in [5.74, 6) is 1.83. The third-order valence-corrected chi connectivity index (χ3v) is 5.92. The second-order valence-corrected chi connectivity index (χ2v) is 8.37. The van der Waals surface area contributed by atoms with Crippen LogP contribution in [-0.2, 0) is 0 Å². The van der Waals surface area contributed by atoms with Gasteiger partial charge in [-0.1, -0.05) is 104 Å². The first kappa shape index (κ1) is 24.9. The quantitative estimate of drug-likeness (QED) is 0.239. The van der Waals surface area contributed by atoms with Crippen molar-refractivity contribution in [3.8, 4) is 0 Å². The molecule has 0 aromatic heterocycles. The van der Waals surface area contributed by atoms with Crippen molar-refractivity contribution < 1.29 is 0 Å². The topological polar surface area (TPSA) is 38.0 Å². The molecule has 0 rings (SSSR count). The highest BCUT2D eigenvalue weighted by Gasteiger charge is 2.11. The van der Waals surface area contributed by atoms with E-state index in [1.54, 1.807) is 0 Å². The lowest BCUT2D eigenvalue weighted by molar-refractivity contribution is 0.322. The van der Waals surface area contributed by atoms with E-state index in [-0.39, 0.29) is 0 Å². The molecule has 0 radical (unpaired) electrons. The molecule has 25 heavy (non-hydrogen) atoms. The zero-order chi connectivity index (χ0) is 18.6. The fraction of sp³-hybridized carbons (Fsp3) is 1.00. The number of unbranched alkanes of at least 4 members (excludes halogenated alkanes) is 12. The van der Waals surface area contributed by atoms with Crippen LogP contribution in [0.4, 0.5) is 0 Å². The van der Waals surface area contributed by atoms with E-state index in [9.17, 15) is 0 Å². The average molecular weight is 355 g/mol. The number of nitrogens with one attached hydrogen (secondary N) is 1. The van der Waals surface area contributed by atoms with Gasteiger partial charge in [0.25, 0.3) is 0 Å². The Bertz CT molecular complexity index is 242. The Labute approximate surface area is 160 Å². The predicted octanol–water partition coefficient (Wildman–Crippen LogP) is 6.68. The smallest absolute Gasteiger partial charge is 0.00519 e. The molecule has 0 saturated heterocycles. The Kier molecular flexibility index (Phi) is 20.2. The van der Waals surface area contributed by atoms with Gasteiger partial charge in [0.2, 0.25) is 0 Å². The summed E-state index contributed by atoms with van der Waals surface area (Å²) in [6, 6.07) is 0. The third kappa shape index (κ3) is 18.5. The summed E-state index contributed by atoms with van der Waals surface area (Å²) < 4.78 is 0. The molecule has 3 N–H and O–H groups in total.